The molecule has 5 N–H and O–H groups in total. The maximum Gasteiger partial charge on any atom is 0.237 e. The Morgan fingerprint density at radius 2 is 2.12 bits per heavy atom. The molecule has 0 fully saturated rings. The fraction of sp³-hybridized carbons (Fsp3) is 0.250. The van der Waals surface area contributed by atoms with E-state index in [9.17, 15) is 4.79 Å². The van der Waals surface area contributed by atoms with E-state index in [0.29, 0.717) is 6.42 Å². The number of fused-ring (bicyclic) bond motifs is 1. The third-order valence-corrected chi connectivity index (χ3v) is 2.80. The summed E-state index contributed by atoms with van der Waals surface area (Å²) in [5, 5.41) is 1.08. The molecule has 0 bridgehead atoms. The van der Waals surface area contributed by atoms with Gasteiger partial charge in [-0.25, -0.2) is 0 Å². The van der Waals surface area contributed by atoms with Gasteiger partial charge >= 0.3 is 0 Å². The van der Waals surface area contributed by atoms with E-state index in [1.54, 1.807) is 6.92 Å². The summed E-state index contributed by atoms with van der Waals surface area (Å²) in [6.07, 6.45) is 2.31. The molecule has 0 radical (unpaired) electrons. The highest BCUT2D eigenvalue weighted by Crippen LogP contribution is 2.21. The van der Waals surface area contributed by atoms with Gasteiger partial charge in [0.05, 0.1) is 5.54 Å². The van der Waals surface area contributed by atoms with Gasteiger partial charge in [0.1, 0.15) is 0 Å². The standard InChI is InChI=1S/C12H15N3O/c1-12(14,11(13)16)6-8-7-15-10-5-3-2-4-9(8)10/h2-5,7,15H,6,14H2,1H3,(H2,13,16). The molecular weight excluding hydrogens is 202 g/mol. The Morgan fingerprint density at radius 1 is 1.44 bits per heavy atom. The van der Waals surface area contributed by atoms with E-state index >= 15 is 0 Å². The molecule has 1 aromatic heterocycles. The predicted octanol–water partition coefficient (Wildman–Crippen LogP) is 0.913. The first kappa shape index (κ1) is 10.7. The van der Waals surface area contributed by atoms with Crippen LogP contribution in [-0.2, 0) is 11.2 Å². The molecule has 4 nitrogen and oxygen atoms in total. The van der Waals surface area contributed by atoms with Crippen molar-refractivity contribution in [1.29, 1.82) is 0 Å². The molecule has 0 spiro atoms. The number of amides is 1. The Labute approximate surface area is 93.6 Å². The van der Waals surface area contributed by atoms with E-state index in [1.165, 1.54) is 0 Å². The topological polar surface area (TPSA) is 84.9 Å². The van der Waals surface area contributed by atoms with Crippen LogP contribution in [0.15, 0.2) is 30.5 Å². The molecule has 1 atom stereocenters. The van der Waals surface area contributed by atoms with Gasteiger partial charge in [0.25, 0.3) is 0 Å². The minimum absolute atomic E-state index is 0.437. The number of nitrogens with one attached hydrogen (secondary N) is 1. The summed E-state index contributed by atoms with van der Waals surface area (Å²) in [7, 11) is 0. The summed E-state index contributed by atoms with van der Waals surface area (Å²) in [5.41, 5.74) is 12.2. The number of H-pyrrole nitrogens is 1. The van der Waals surface area contributed by atoms with E-state index in [1.807, 2.05) is 30.5 Å². The van der Waals surface area contributed by atoms with Crippen LogP contribution in [0.4, 0.5) is 0 Å². The van der Waals surface area contributed by atoms with Gasteiger partial charge in [-0.05, 0) is 18.6 Å². The summed E-state index contributed by atoms with van der Waals surface area (Å²) in [5.74, 6) is -0.488. The fourth-order valence-electron chi connectivity index (χ4n) is 1.76. The molecule has 0 saturated carbocycles. The van der Waals surface area contributed by atoms with Gasteiger partial charge in [-0.3, -0.25) is 4.79 Å². The summed E-state index contributed by atoms with van der Waals surface area (Å²) in [4.78, 5) is 14.3. The highest BCUT2D eigenvalue weighted by molar-refractivity contribution is 5.87. The molecule has 1 heterocycles. The van der Waals surface area contributed by atoms with Gasteiger partial charge in [-0.2, -0.15) is 0 Å². The summed E-state index contributed by atoms with van der Waals surface area (Å²) in [6, 6.07) is 7.89. The Bertz CT molecular complexity index is 528. The van der Waals surface area contributed by atoms with Crippen LogP contribution in [0.1, 0.15) is 12.5 Å². The zero-order valence-electron chi connectivity index (χ0n) is 9.16. The lowest BCUT2D eigenvalue weighted by molar-refractivity contribution is -0.122. The molecule has 0 saturated heterocycles. The van der Waals surface area contributed by atoms with Crippen LogP contribution < -0.4 is 11.5 Å². The van der Waals surface area contributed by atoms with Crippen LogP contribution in [0.5, 0.6) is 0 Å². The van der Waals surface area contributed by atoms with Crippen molar-refractivity contribution in [2.24, 2.45) is 11.5 Å². The first-order valence-electron chi connectivity index (χ1n) is 5.14. The molecule has 84 valence electrons. The first-order valence-corrected chi connectivity index (χ1v) is 5.14. The van der Waals surface area contributed by atoms with E-state index in [4.69, 9.17) is 11.5 Å². The average Bonchev–Trinajstić information content (AvgIpc) is 2.61. The lowest BCUT2D eigenvalue weighted by Gasteiger charge is -2.19. The van der Waals surface area contributed by atoms with Crippen molar-refractivity contribution in [3.05, 3.63) is 36.0 Å². The van der Waals surface area contributed by atoms with Crippen molar-refractivity contribution >= 4 is 16.8 Å². The molecule has 1 amide bonds. The molecule has 4 heteroatoms. The Kier molecular flexibility index (Phi) is 2.44. The number of para-hydroxylation sites is 1. The number of carbonyl (C=O) groups is 1. The van der Waals surface area contributed by atoms with Crippen LogP contribution in [0.2, 0.25) is 0 Å². The Hall–Kier alpha value is -1.81. The Morgan fingerprint density at radius 3 is 2.81 bits per heavy atom. The fourth-order valence-corrected chi connectivity index (χ4v) is 1.76. The molecule has 1 aromatic carbocycles. The highest BCUT2D eigenvalue weighted by atomic mass is 16.1. The third kappa shape index (κ3) is 1.79. The number of nitrogens with two attached hydrogens (primary N) is 2. The van der Waals surface area contributed by atoms with Crippen LogP contribution in [0.25, 0.3) is 10.9 Å². The van der Waals surface area contributed by atoms with E-state index in [0.717, 1.165) is 16.5 Å². The lowest BCUT2D eigenvalue weighted by Crippen LogP contribution is -2.50. The van der Waals surface area contributed by atoms with Gasteiger partial charge in [0.15, 0.2) is 0 Å². The number of rotatable bonds is 3. The molecule has 16 heavy (non-hydrogen) atoms. The van der Waals surface area contributed by atoms with Crippen molar-refractivity contribution in [3.63, 3.8) is 0 Å². The summed E-state index contributed by atoms with van der Waals surface area (Å²) >= 11 is 0. The molecule has 2 aromatic rings. The molecular formula is C12H15N3O. The molecule has 0 aliphatic heterocycles. The highest BCUT2D eigenvalue weighted by Gasteiger charge is 2.26. The molecule has 0 aliphatic carbocycles. The number of carbonyl (C=O) groups excluding carboxylic acids is 1. The van der Waals surface area contributed by atoms with Crippen molar-refractivity contribution in [2.45, 2.75) is 18.9 Å². The van der Waals surface area contributed by atoms with Gasteiger partial charge < -0.3 is 16.5 Å². The third-order valence-electron chi connectivity index (χ3n) is 2.80. The Balaban J connectivity index is 2.38. The number of benzene rings is 1. The SMILES string of the molecule is CC(N)(Cc1c[nH]c2ccccc12)C(N)=O. The zero-order valence-corrected chi connectivity index (χ0v) is 9.16. The number of primary amides is 1. The molecule has 0 aliphatic rings. The minimum Gasteiger partial charge on any atom is -0.368 e. The molecule has 2 rings (SSSR count). The number of hydrogen-bond donors (Lipinski definition) is 3. The van der Waals surface area contributed by atoms with E-state index in [2.05, 4.69) is 4.98 Å². The van der Waals surface area contributed by atoms with Crippen LogP contribution in [0.3, 0.4) is 0 Å². The monoisotopic (exact) mass is 217 g/mol. The van der Waals surface area contributed by atoms with Crippen molar-refractivity contribution in [1.82, 2.24) is 4.98 Å². The predicted molar refractivity (Wildman–Crippen MR) is 63.8 cm³/mol. The quantitative estimate of drug-likeness (QED) is 0.714. The minimum atomic E-state index is -1.01. The number of hydrogen-bond acceptors (Lipinski definition) is 2. The van der Waals surface area contributed by atoms with Crippen LogP contribution >= 0.6 is 0 Å². The van der Waals surface area contributed by atoms with Crippen LogP contribution in [-0.4, -0.2) is 16.4 Å². The van der Waals surface area contributed by atoms with E-state index < -0.39 is 11.4 Å². The zero-order chi connectivity index (χ0) is 11.8. The molecule has 1 unspecified atom stereocenters. The van der Waals surface area contributed by atoms with Crippen molar-refractivity contribution in [2.75, 3.05) is 0 Å². The van der Waals surface area contributed by atoms with Gasteiger partial charge in [-0.15, -0.1) is 0 Å². The van der Waals surface area contributed by atoms with Gasteiger partial charge in [0, 0.05) is 23.5 Å². The number of aromatic amines is 1. The maximum absolute atomic E-state index is 11.2. The second kappa shape index (κ2) is 3.64. The second-order valence-electron chi connectivity index (χ2n) is 4.32. The van der Waals surface area contributed by atoms with Crippen molar-refractivity contribution in [3.8, 4) is 0 Å². The maximum atomic E-state index is 11.2. The van der Waals surface area contributed by atoms with E-state index in [-0.39, 0.29) is 0 Å². The first-order chi connectivity index (χ1) is 7.50. The normalized spacial score (nSPS) is 14.9. The number of aromatic nitrogens is 1. The largest absolute Gasteiger partial charge is 0.368 e. The van der Waals surface area contributed by atoms with Crippen LogP contribution in [0, 0.1) is 0 Å². The summed E-state index contributed by atoms with van der Waals surface area (Å²) < 4.78 is 0. The summed E-state index contributed by atoms with van der Waals surface area (Å²) in [6.45, 7) is 1.65. The van der Waals surface area contributed by atoms with Gasteiger partial charge in [-0.1, -0.05) is 18.2 Å². The second-order valence-corrected chi connectivity index (χ2v) is 4.32. The smallest absolute Gasteiger partial charge is 0.237 e. The lowest BCUT2D eigenvalue weighted by atomic mass is 9.93. The van der Waals surface area contributed by atoms with Crippen molar-refractivity contribution < 1.29 is 4.79 Å². The van der Waals surface area contributed by atoms with Gasteiger partial charge in [0.2, 0.25) is 5.91 Å². The average molecular weight is 217 g/mol.